The molecule has 0 atom stereocenters. The number of benzene rings is 6. The number of methoxy groups -OCH3 is 1. The minimum Gasteiger partial charge on any atom is -0.478 e. The van der Waals surface area contributed by atoms with Crippen LogP contribution in [0.5, 0.6) is 23.0 Å². The highest BCUT2D eigenvalue weighted by Gasteiger charge is 2.55. The highest BCUT2D eigenvalue weighted by Crippen LogP contribution is 2.50. The summed E-state index contributed by atoms with van der Waals surface area (Å²) in [5, 5.41) is 10.5. The molecule has 2 fully saturated rings. The number of nitrogens with zero attached hydrogens (tertiary/aromatic N) is 2. The summed E-state index contributed by atoms with van der Waals surface area (Å²) >= 11 is 0. The van der Waals surface area contributed by atoms with E-state index in [1.165, 1.54) is 43.5 Å². The number of rotatable bonds is 18. The molecule has 0 amide bonds. The second kappa shape index (κ2) is 23.0. The average molecular weight is 1010 g/mol. The van der Waals surface area contributed by atoms with Crippen LogP contribution in [0.3, 0.4) is 0 Å². The molecular weight excluding hydrogens is 959 g/mol. The van der Waals surface area contributed by atoms with E-state index in [2.05, 4.69) is 9.97 Å². The molecule has 0 spiro atoms. The molecule has 10 rings (SSSR count). The molecule has 0 saturated heterocycles. The van der Waals surface area contributed by atoms with Gasteiger partial charge in [0.1, 0.15) is 34.6 Å². The molecule has 8 aromatic rings. The van der Waals surface area contributed by atoms with Crippen LogP contribution in [0.2, 0.25) is 0 Å². The zero-order valence-corrected chi connectivity index (χ0v) is 39.4. The Morgan fingerprint density at radius 3 is 1.15 bits per heavy atom. The normalized spacial score (nSPS) is 13.4. The Balaban J connectivity index is 0.000000213. The molecule has 0 bridgehead atoms. The molecule has 382 valence electrons. The lowest BCUT2D eigenvalue weighted by Gasteiger charge is -2.14. The number of fused-ring (bicyclic) bond motifs is 2. The van der Waals surface area contributed by atoms with Crippen LogP contribution >= 0.6 is 0 Å². The summed E-state index contributed by atoms with van der Waals surface area (Å²) in [6.07, 6.45) is 5.92. The quantitative estimate of drug-likeness (QED) is 0.0637. The Labute approximate surface area is 432 Å². The Morgan fingerprint density at radius 2 is 0.813 bits per heavy atom. The van der Waals surface area contributed by atoms with Crippen molar-refractivity contribution in [1.82, 2.24) is 9.97 Å². The molecule has 75 heavy (non-hydrogen) atoms. The van der Waals surface area contributed by atoms with Crippen LogP contribution in [-0.2, 0) is 49.6 Å². The van der Waals surface area contributed by atoms with Crippen molar-refractivity contribution >= 4 is 56.9 Å². The monoisotopic (exact) mass is 1010 g/mol. The van der Waals surface area contributed by atoms with Crippen molar-refractivity contribution in [3.05, 3.63) is 203 Å². The molecule has 1 N–H and O–H groups in total. The second-order valence-corrected chi connectivity index (χ2v) is 18.2. The van der Waals surface area contributed by atoms with Gasteiger partial charge >= 0.3 is 11.9 Å². The number of hydrogen-bond acceptors (Lipinski definition) is 11. The largest absolute Gasteiger partial charge is 0.478 e. The summed E-state index contributed by atoms with van der Waals surface area (Å²) in [6, 6.07) is 38.8. The molecule has 2 heterocycles. The molecule has 2 aromatic heterocycles. The van der Waals surface area contributed by atoms with E-state index >= 15 is 0 Å². The first kappa shape index (κ1) is 54.0. The van der Waals surface area contributed by atoms with Crippen LogP contribution in [0.1, 0.15) is 83.5 Å². The van der Waals surface area contributed by atoms with E-state index in [1.807, 2.05) is 0 Å². The van der Waals surface area contributed by atoms with Crippen molar-refractivity contribution in [1.29, 1.82) is 0 Å². The number of carbonyl (C=O) groups excluding carboxylic acids is 5. The van der Waals surface area contributed by atoms with Crippen molar-refractivity contribution < 1.29 is 56.9 Å². The van der Waals surface area contributed by atoms with Crippen molar-refractivity contribution in [2.45, 2.75) is 66.2 Å². The number of ether oxygens (including phenoxy) is 3. The van der Waals surface area contributed by atoms with Crippen molar-refractivity contribution in [2.75, 3.05) is 7.11 Å². The van der Waals surface area contributed by atoms with Gasteiger partial charge in [-0.15, -0.1) is 0 Å². The third-order valence-corrected chi connectivity index (χ3v) is 13.3. The van der Waals surface area contributed by atoms with Gasteiger partial charge in [0.15, 0.2) is 23.1 Å². The van der Waals surface area contributed by atoms with Crippen LogP contribution < -0.4 is 9.47 Å². The maximum absolute atomic E-state index is 13.2. The highest BCUT2D eigenvalue weighted by molar-refractivity contribution is 6.11. The predicted molar refractivity (Wildman–Crippen MR) is 279 cm³/mol. The number of aromatic carboxylic acids is 1. The van der Waals surface area contributed by atoms with E-state index in [9.17, 15) is 42.7 Å². The van der Waals surface area contributed by atoms with E-state index in [4.69, 9.17) is 14.2 Å². The molecular formula is C61H54F2N2O10. The summed E-state index contributed by atoms with van der Waals surface area (Å²) < 4.78 is 43.1. The minimum absolute atomic E-state index is 0. The highest BCUT2D eigenvalue weighted by atomic mass is 19.1. The van der Waals surface area contributed by atoms with Gasteiger partial charge in [0.2, 0.25) is 0 Å². The number of esters is 1. The van der Waals surface area contributed by atoms with E-state index in [1.54, 1.807) is 122 Å². The second-order valence-electron chi connectivity index (χ2n) is 18.2. The third kappa shape index (κ3) is 12.4. The predicted octanol–water partition coefficient (Wildman–Crippen LogP) is 12.5. The molecule has 14 heteroatoms. The molecule has 0 unspecified atom stereocenters. The molecule has 2 saturated carbocycles. The molecule has 12 nitrogen and oxygen atoms in total. The van der Waals surface area contributed by atoms with Crippen LogP contribution in [0.4, 0.5) is 8.78 Å². The topological polar surface area (TPSA) is 176 Å². The van der Waals surface area contributed by atoms with E-state index in [0.717, 1.165) is 11.1 Å². The smallest absolute Gasteiger partial charge is 0.337 e. The van der Waals surface area contributed by atoms with Gasteiger partial charge in [-0.25, -0.2) is 18.4 Å². The van der Waals surface area contributed by atoms with Crippen molar-refractivity contribution in [3.63, 3.8) is 0 Å². The van der Waals surface area contributed by atoms with Gasteiger partial charge in [0.05, 0.1) is 40.1 Å². The summed E-state index contributed by atoms with van der Waals surface area (Å²) in [5.41, 5.74) is 2.88. The van der Waals surface area contributed by atoms with Gasteiger partial charge in [-0.1, -0.05) is 63.4 Å². The minimum atomic E-state index is -1.04. The number of pyridine rings is 2. The fraction of sp³-hybridized carbons (Fsp3) is 0.213. The van der Waals surface area contributed by atoms with Crippen LogP contribution in [-0.4, -0.2) is 57.3 Å². The Kier molecular flexibility index (Phi) is 16.5. The lowest BCUT2D eigenvalue weighted by atomic mass is 9.88. The van der Waals surface area contributed by atoms with Gasteiger partial charge in [-0.3, -0.25) is 29.1 Å². The van der Waals surface area contributed by atoms with Gasteiger partial charge < -0.3 is 19.3 Å². The molecule has 2 aliphatic rings. The van der Waals surface area contributed by atoms with E-state index in [-0.39, 0.29) is 80.9 Å². The zero-order valence-electron chi connectivity index (χ0n) is 39.4. The third-order valence-electron chi connectivity index (χ3n) is 13.3. The van der Waals surface area contributed by atoms with Crippen molar-refractivity contribution in [2.24, 2.45) is 10.8 Å². The Bertz CT molecular complexity index is 3420. The standard InChI is InChI=1S/C30H24FNO5.C29H22FNO5.2CH4/c1-36-29(35)21-6-11-25-24(18-21)26(12-15-32-25)37-23-9-4-20(5-10-23)17-28(34)30(13-14-30)27(33)16-19-2-7-22(31)8-3-19;30-21-6-1-18(2-7-21)15-26(32)29(12-13-29)27(33)16-19-3-8-22(9-4-19)36-25-11-14-31-24-10-5-20(28(34)35)17-23(24)25;;/h2-12,15,18H,13-14,16-17H2,1H3;1-11,14,17H,12-13,15-16H2,(H,34,35);2*1H4. The maximum atomic E-state index is 13.2. The Hall–Kier alpha value is -8.78. The van der Waals surface area contributed by atoms with Crippen molar-refractivity contribution in [3.8, 4) is 23.0 Å². The SMILES string of the molecule is C.C.COC(=O)c1ccc2nccc(Oc3ccc(CC(=O)C4(C(=O)Cc5ccc(F)cc5)CC4)cc3)c2c1.O=C(O)c1ccc2nccc(Oc3ccc(CC(=O)C4(C(=O)Cc5ccc(F)cc5)CC4)cc3)c2c1. The number of Topliss-reactive ketones (excluding diaryl/α,β-unsaturated/α-hetero) is 4. The fourth-order valence-corrected chi connectivity index (χ4v) is 8.70. The summed E-state index contributed by atoms with van der Waals surface area (Å²) in [6.45, 7) is 0. The van der Waals surface area contributed by atoms with Crippen LogP contribution in [0.25, 0.3) is 21.8 Å². The molecule has 0 aliphatic heterocycles. The van der Waals surface area contributed by atoms with Gasteiger partial charge in [0, 0.05) is 48.8 Å². The van der Waals surface area contributed by atoms with Crippen LogP contribution in [0, 0.1) is 22.5 Å². The summed E-state index contributed by atoms with van der Waals surface area (Å²) in [5.74, 6) is -0.563. The average Bonchev–Trinajstić information content (AvgIpc) is 4.36. The number of carboxylic acid groups (broad SMARTS) is 1. The summed E-state index contributed by atoms with van der Waals surface area (Å²) in [7, 11) is 1.33. The number of hydrogen-bond donors (Lipinski definition) is 1. The first-order chi connectivity index (χ1) is 35.2. The zero-order chi connectivity index (χ0) is 51.3. The van der Waals surface area contributed by atoms with Crippen LogP contribution in [0.15, 0.2) is 158 Å². The fourth-order valence-electron chi connectivity index (χ4n) is 8.70. The number of carboxylic acids is 1. The number of halogens is 2. The van der Waals surface area contributed by atoms with E-state index in [0.29, 0.717) is 87.2 Å². The van der Waals surface area contributed by atoms with Gasteiger partial charge in [-0.2, -0.15) is 0 Å². The van der Waals surface area contributed by atoms with E-state index < -0.39 is 22.8 Å². The lowest BCUT2D eigenvalue weighted by Crippen LogP contribution is -2.28. The molecule has 0 radical (unpaired) electrons. The maximum Gasteiger partial charge on any atom is 0.337 e. The number of aromatic nitrogens is 2. The number of carbonyl (C=O) groups is 6. The first-order valence-electron chi connectivity index (χ1n) is 23.5. The first-order valence-corrected chi connectivity index (χ1v) is 23.5. The number of ketones is 4. The van der Waals surface area contributed by atoms with Gasteiger partial charge in [-0.05, 0) is 145 Å². The molecule has 2 aliphatic carbocycles. The van der Waals surface area contributed by atoms with Gasteiger partial charge in [0.25, 0.3) is 0 Å². The Morgan fingerprint density at radius 1 is 0.480 bits per heavy atom. The molecule has 6 aromatic carbocycles. The summed E-state index contributed by atoms with van der Waals surface area (Å²) in [4.78, 5) is 83.7. The lowest BCUT2D eigenvalue weighted by molar-refractivity contribution is -0.135.